The number of hydrogen-bond donors (Lipinski definition) is 1. The van der Waals surface area contributed by atoms with E-state index in [2.05, 4.69) is 23.3 Å². The Hall–Kier alpha value is -3.09. The molecule has 7 heteroatoms. The number of hydrogen-bond acceptors (Lipinski definition) is 5. The molecule has 0 saturated carbocycles. The predicted octanol–water partition coefficient (Wildman–Crippen LogP) is 3.30. The van der Waals surface area contributed by atoms with Crippen molar-refractivity contribution in [2.45, 2.75) is 20.3 Å². The molecule has 2 amide bonds. The number of para-hydroxylation sites is 1. The van der Waals surface area contributed by atoms with Crippen molar-refractivity contribution in [3.8, 4) is 0 Å². The van der Waals surface area contributed by atoms with Crippen LogP contribution in [0.1, 0.15) is 29.9 Å². The third-order valence-electron chi connectivity index (χ3n) is 4.75. The topological polar surface area (TPSA) is 74.8 Å². The van der Waals surface area contributed by atoms with Crippen LogP contribution in [0.2, 0.25) is 0 Å². The molecule has 0 radical (unpaired) electrons. The molecule has 0 atom stereocenters. The zero-order valence-corrected chi connectivity index (χ0v) is 16.4. The Labute approximate surface area is 165 Å². The van der Waals surface area contributed by atoms with Crippen LogP contribution in [0.25, 0.3) is 0 Å². The predicted molar refractivity (Wildman–Crippen MR) is 108 cm³/mol. The van der Waals surface area contributed by atoms with Crippen molar-refractivity contribution in [1.29, 1.82) is 0 Å². The molecule has 1 saturated heterocycles. The molecule has 1 aliphatic heterocycles. The average molecular weight is 382 g/mol. The first-order chi connectivity index (χ1) is 13.6. The molecule has 0 bridgehead atoms. The van der Waals surface area contributed by atoms with Gasteiger partial charge in [-0.1, -0.05) is 25.1 Å². The number of piperazine rings is 1. The molecular weight excluding hydrogens is 356 g/mol. The van der Waals surface area contributed by atoms with E-state index >= 15 is 0 Å². The smallest absolute Gasteiger partial charge is 0.409 e. The highest BCUT2D eigenvalue weighted by atomic mass is 16.6. The van der Waals surface area contributed by atoms with Gasteiger partial charge in [0, 0.05) is 31.9 Å². The third-order valence-corrected chi connectivity index (χ3v) is 4.75. The largest absolute Gasteiger partial charge is 0.450 e. The monoisotopic (exact) mass is 382 g/mol. The van der Waals surface area contributed by atoms with Gasteiger partial charge in [0.15, 0.2) is 0 Å². The van der Waals surface area contributed by atoms with Crippen molar-refractivity contribution in [3.63, 3.8) is 0 Å². The first kappa shape index (κ1) is 19.7. The van der Waals surface area contributed by atoms with Gasteiger partial charge in [0.1, 0.15) is 5.69 Å². The van der Waals surface area contributed by atoms with Crippen LogP contribution in [0.5, 0.6) is 0 Å². The zero-order chi connectivity index (χ0) is 19.9. The number of benzene rings is 1. The second kappa shape index (κ2) is 9.21. The van der Waals surface area contributed by atoms with Crippen LogP contribution in [-0.4, -0.2) is 59.6 Å². The van der Waals surface area contributed by atoms with Gasteiger partial charge in [-0.25, -0.2) is 9.78 Å². The fourth-order valence-corrected chi connectivity index (χ4v) is 3.17. The Morgan fingerprint density at radius 3 is 2.39 bits per heavy atom. The molecule has 1 aliphatic rings. The van der Waals surface area contributed by atoms with Crippen LogP contribution in [-0.2, 0) is 11.2 Å². The van der Waals surface area contributed by atoms with Gasteiger partial charge in [0.2, 0.25) is 0 Å². The Morgan fingerprint density at radius 2 is 1.75 bits per heavy atom. The number of amides is 2. The van der Waals surface area contributed by atoms with Gasteiger partial charge in [0.05, 0.1) is 18.5 Å². The molecule has 7 nitrogen and oxygen atoms in total. The lowest BCUT2D eigenvalue weighted by molar-refractivity contribution is 0.0566. The van der Waals surface area contributed by atoms with E-state index in [4.69, 9.17) is 4.74 Å². The summed E-state index contributed by atoms with van der Waals surface area (Å²) in [4.78, 5) is 32.1. The molecule has 1 aromatic heterocycles. The first-order valence-electron chi connectivity index (χ1n) is 9.64. The van der Waals surface area contributed by atoms with E-state index in [0.29, 0.717) is 38.5 Å². The number of rotatable bonds is 5. The Balaban J connectivity index is 1.59. The van der Waals surface area contributed by atoms with Gasteiger partial charge in [-0.3, -0.25) is 4.79 Å². The molecule has 1 aromatic carbocycles. The molecule has 148 valence electrons. The lowest BCUT2D eigenvalue weighted by Gasteiger charge is -2.33. The highest BCUT2D eigenvalue weighted by molar-refractivity contribution is 5.92. The maximum Gasteiger partial charge on any atom is 0.409 e. The summed E-state index contributed by atoms with van der Waals surface area (Å²) in [6.07, 6.45) is 2.29. The first-order valence-corrected chi connectivity index (χ1v) is 9.64. The van der Waals surface area contributed by atoms with Crippen molar-refractivity contribution >= 4 is 23.4 Å². The highest BCUT2D eigenvalue weighted by Gasteiger charge is 2.26. The second-order valence-electron chi connectivity index (χ2n) is 6.55. The SMILES string of the molecule is CCOC(=O)N1CCN(C(=O)c2ccc(Nc3ccccc3CC)cn2)CC1. The van der Waals surface area contributed by atoms with E-state index in [0.717, 1.165) is 17.8 Å². The lowest BCUT2D eigenvalue weighted by atomic mass is 10.1. The maximum atomic E-state index is 12.7. The van der Waals surface area contributed by atoms with Gasteiger partial charge in [0.25, 0.3) is 5.91 Å². The molecule has 2 heterocycles. The fourth-order valence-electron chi connectivity index (χ4n) is 3.17. The summed E-state index contributed by atoms with van der Waals surface area (Å²) >= 11 is 0. The normalized spacial score (nSPS) is 13.9. The minimum atomic E-state index is -0.324. The minimum Gasteiger partial charge on any atom is -0.450 e. The van der Waals surface area contributed by atoms with E-state index in [1.165, 1.54) is 5.56 Å². The van der Waals surface area contributed by atoms with Crippen molar-refractivity contribution < 1.29 is 14.3 Å². The highest BCUT2D eigenvalue weighted by Crippen LogP contribution is 2.21. The van der Waals surface area contributed by atoms with Crippen LogP contribution >= 0.6 is 0 Å². The molecular formula is C21H26N4O3. The molecule has 1 fully saturated rings. The van der Waals surface area contributed by atoms with Crippen molar-refractivity contribution in [1.82, 2.24) is 14.8 Å². The molecule has 1 N–H and O–H groups in total. The fraction of sp³-hybridized carbons (Fsp3) is 0.381. The number of ether oxygens (including phenoxy) is 1. The Morgan fingerprint density at radius 1 is 1.04 bits per heavy atom. The van der Waals surface area contributed by atoms with Crippen LogP contribution in [0.3, 0.4) is 0 Å². The Kier molecular flexibility index (Phi) is 6.47. The number of carbonyl (C=O) groups excluding carboxylic acids is 2. The summed E-state index contributed by atoms with van der Waals surface area (Å²) in [6, 6.07) is 11.7. The quantitative estimate of drug-likeness (QED) is 0.859. The van der Waals surface area contributed by atoms with Gasteiger partial charge < -0.3 is 19.9 Å². The molecule has 28 heavy (non-hydrogen) atoms. The molecule has 0 unspecified atom stereocenters. The van der Waals surface area contributed by atoms with E-state index < -0.39 is 0 Å². The number of carbonyl (C=O) groups is 2. The van der Waals surface area contributed by atoms with Gasteiger partial charge in [-0.15, -0.1) is 0 Å². The van der Waals surface area contributed by atoms with Gasteiger partial charge in [-0.05, 0) is 37.1 Å². The second-order valence-corrected chi connectivity index (χ2v) is 6.55. The molecule has 2 aromatic rings. The number of nitrogens with zero attached hydrogens (tertiary/aromatic N) is 3. The lowest BCUT2D eigenvalue weighted by Crippen LogP contribution is -2.50. The van der Waals surface area contributed by atoms with E-state index in [9.17, 15) is 9.59 Å². The zero-order valence-electron chi connectivity index (χ0n) is 16.4. The molecule has 3 rings (SSSR count). The van der Waals surface area contributed by atoms with Gasteiger partial charge >= 0.3 is 6.09 Å². The van der Waals surface area contributed by atoms with Crippen LogP contribution in [0, 0.1) is 0 Å². The van der Waals surface area contributed by atoms with Crippen molar-refractivity contribution in [2.75, 3.05) is 38.1 Å². The summed E-state index contributed by atoms with van der Waals surface area (Å²) in [5, 5.41) is 3.35. The standard InChI is InChI=1S/C21H26N4O3/c1-3-16-7-5-6-8-18(16)23-17-9-10-19(22-15-17)20(26)24-11-13-25(14-12-24)21(27)28-4-2/h5-10,15,23H,3-4,11-14H2,1-2H3. The Bertz CT molecular complexity index is 815. The minimum absolute atomic E-state index is 0.121. The van der Waals surface area contributed by atoms with Crippen molar-refractivity contribution in [2.24, 2.45) is 0 Å². The summed E-state index contributed by atoms with van der Waals surface area (Å²) in [5.74, 6) is -0.121. The van der Waals surface area contributed by atoms with E-state index in [1.54, 1.807) is 29.0 Å². The third kappa shape index (κ3) is 4.60. The average Bonchev–Trinajstić information content (AvgIpc) is 2.74. The van der Waals surface area contributed by atoms with Crippen LogP contribution in [0.15, 0.2) is 42.6 Å². The van der Waals surface area contributed by atoms with Gasteiger partial charge in [-0.2, -0.15) is 0 Å². The summed E-state index contributed by atoms with van der Waals surface area (Å²) in [7, 11) is 0. The number of pyridine rings is 1. The maximum absolute atomic E-state index is 12.7. The van der Waals surface area contributed by atoms with E-state index in [-0.39, 0.29) is 12.0 Å². The molecule has 0 aliphatic carbocycles. The number of aryl methyl sites for hydroxylation is 1. The summed E-state index contributed by atoms with van der Waals surface area (Å²) < 4.78 is 5.00. The van der Waals surface area contributed by atoms with Crippen LogP contribution in [0.4, 0.5) is 16.2 Å². The molecule has 0 spiro atoms. The summed E-state index contributed by atoms with van der Waals surface area (Å²) in [6.45, 7) is 6.14. The van der Waals surface area contributed by atoms with E-state index in [1.807, 2.05) is 24.3 Å². The summed E-state index contributed by atoms with van der Waals surface area (Å²) in [5.41, 5.74) is 3.51. The van der Waals surface area contributed by atoms with Crippen molar-refractivity contribution in [3.05, 3.63) is 53.9 Å². The number of nitrogens with one attached hydrogen (secondary N) is 1. The van der Waals surface area contributed by atoms with Crippen LogP contribution < -0.4 is 5.32 Å². The number of anilines is 2. The number of aromatic nitrogens is 1.